The summed E-state index contributed by atoms with van der Waals surface area (Å²) in [6.45, 7) is 3.52. The first-order chi connectivity index (χ1) is 13.3. The van der Waals surface area contributed by atoms with Gasteiger partial charge in [0.05, 0.1) is 26.4 Å². The van der Waals surface area contributed by atoms with E-state index < -0.39 is 35.8 Å². The minimum Gasteiger partial charge on any atom is -0.469 e. The van der Waals surface area contributed by atoms with E-state index in [2.05, 4.69) is 10.6 Å². The van der Waals surface area contributed by atoms with Crippen molar-refractivity contribution in [2.24, 2.45) is 5.92 Å². The molecule has 1 fully saturated rings. The molecule has 1 aromatic carbocycles. The SMILES string of the molecule is COC(=O)[C@H](CNC(=O)CNC(=O)OCc1ccccc1)[C@@H]1COC(C)(C)O1. The van der Waals surface area contributed by atoms with Gasteiger partial charge in [-0.1, -0.05) is 30.3 Å². The molecular weight excluding hydrogens is 368 g/mol. The van der Waals surface area contributed by atoms with Crippen molar-refractivity contribution in [1.82, 2.24) is 10.6 Å². The van der Waals surface area contributed by atoms with Gasteiger partial charge in [0.25, 0.3) is 0 Å². The summed E-state index contributed by atoms with van der Waals surface area (Å²) in [5.74, 6) is -2.50. The zero-order valence-corrected chi connectivity index (χ0v) is 16.2. The van der Waals surface area contributed by atoms with Crippen LogP contribution in [0.2, 0.25) is 0 Å². The van der Waals surface area contributed by atoms with Gasteiger partial charge in [-0.3, -0.25) is 9.59 Å². The Bertz CT molecular complexity index is 678. The van der Waals surface area contributed by atoms with E-state index in [0.29, 0.717) is 0 Å². The Balaban J connectivity index is 1.73. The van der Waals surface area contributed by atoms with Crippen LogP contribution in [0, 0.1) is 5.92 Å². The molecule has 0 saturated carbocycles. The molecule has 9 nitrogen and oxygen atoms in total. The number of alkyl carbamates (subject to hydrolysis) is 1. The van der Waals surface area contributed by atoms with Crippen LogP contribution >= 0.6 is 0 Å². The molecule has 28 heavy (non-hydrogen) atoms. The van der Waals surface area contributed by atoms with Crippen LogP contribution < -0.4 is 10.6 Å². The number of rotatable bonds is 8. The summed E-state index contributed by atoms with van der Waals surface area (Å²) in [6, 6.07) is 9.18. The Kier molecular flexibility index (Phi) is 7.77. The smallest absolute Gasteiger partial charge is 0.407 e. The third-order valence-corrected chi connectivity index (χ3v) is 4.11. The van der Waals surface area contributed by atoms with Crippen LogP contribution in [0.1, 0.15) is 19.4 Å². The first kappa shape index (κ1) is 21.6. The zero-order valence-electron chi connectivity index (χ0n) is 16.2. The Morgan fingerprint density at radius 2 is 1.93 bits per heavy atom. The number of hydrogen-bond acceptors (Lipinski definition) is 7. The van der Waals surface area contributed by atoms with Crippen LogP contribution in [-0.2, 0) is 35.1 Å². The average Bonchev–Trinajstić information content (AvgIpc) is 3.04. The number of benzene rings is 1. The molecule has 0 radical (unpaired) electrons. The van der Waals surface area contributed by atoms with Crippen molar-refractivity contribution in [2.45, 2.75) is 32.3 Å². The summed E-state index contributed by atoms with van der Waals surface area (Å²) in [7, 11) is 1.27. The van der Waals surface area contributed by atoms with Crippen molar-refractivity contribution in [3.05, 3.63) is 35.9 Å². The van der Waals surface area contributed by atoms with Gasteiger partial charge in [-0.2, -0.15) is 0 Å². The van der Waals surface area contributed by atoms with Crippen molar-refractivity contribution in [3.63, 3.8) is 0 Å². The minimum absolute atomic E-state index is 0.00361. The summed E-state index contributed by atoms with van der Waals surface area (Å²) in [4.78, 5) is 35.7. The largest absolute Gasteiger partial charge is 0.469 e. The molecule has 0 spiro atoms. The molecule has 2 atom stereocenters. The van der Waals surface area contributed by atoms with Gasteiger partial charge in [0.2, 0.25) is 5.91 Å². The normalized spacial score (nSPS) is 18.8. The van der Waals surface area contributed by atoms with E-state index in [1.807, 2.05) is 30.3 Å². The van der Waals surface area contributed by atoms with Crippen molar-refractivity contribution in [1.29, 1.82) is 0 Å². The van der Waals surface area contributed by atoms with Crippen LogP contribution in [0.5, 0.6) is 0 Å². The fourth-order valence-electron chi connectivity index (χ4n) is 2.64. The number of carbonyl (C=O) groups is 3. The third kappa shape index (κ3) is 6.82. The molecule has 2 N–H and O–H groups in total. The van der Waals surface area contributed by atoms with Gasteiger partial charge in [-0.15, -0.1) is 0 Å². The highest BCUT2D eigenvalue weighted by molar-refractivity contribution is 5.82. The Labute approximate surface area is 163 Å². The number of hydrogen-bond donors (Lipinski definition) is 2. The van der Waals surface area contributed by atoms with E-state index in [1.165, 1.54) is 7.11 Å². The molecule has 0 unspecified atom stereocenters. The first-order valence-electron chi connectivity index (χ1n) is 8.91. The van der Waals surface area contributed by atoms with Crippen LogP contribution in [-0.4, -0.2) is 56.7 Å². The summed E-state index contributed by atoms with van der Waals surface area (Å²) >= 11 is 0. The van der Waals surface area contributed by atoms with Crippen LogP contribution in [0.3, 0.4) is 0 Å². The van der Waals surface area contributed by atoms with E-state index in [9.17, 15) is 14.4 Å². The van der Waals surface area contributed by atoms with E-state index in [1.54, 1.807) is 13.8 Å². The predicted octanol–water partition coefficient (Wildman–Crippen LogP) is 0.970. The summed E-state index contributed by atoms with van der Waals surface area (Å²) in [5, 5.41) is 4.94. The van der Waals surface area contributed by atoms with Crippen LogP contribution in [0.25, 0.3) is 0 Å². The Morgan fingerprint density at radius 3 is 2.54 bits per heavy atom. The van der Waals surface area contributed by atoms with Crippen molar-refractivity contribution in [2.75, 3.05) is 26.8 Å². The van der Waals surface area contributed by atoms with Crippen LogP contribution in [0.4, 0.5) is 4.79 Å². The molecule has 1 heterocycles. The molecule has 1 aliphatic heterocycles. The molecule has 0 aliphatic carbocycles. The maximum atomic E-state index is 12.0. The standard InChI is InChI=1S/C19H26N2O7/c1-19(2)27-12-15(28-19)14(17(23)25-3)9-20-16(22)10-21-18(24)26-11-13-7-5-4-6-8-13/h4-8,14-15H,9-12H2,1-3H3,(H,20,22)(H,21,24)/t14-,15+/m1/s1. The summed E-state index contributed by atoms with van der Waals surface area (Å²) in [6.07, 6.45) is -1.25. The number of nitrogens with one attached hydrogen (secondary N) is 2. The molecular formula is C19H26N2O7. The van der Waals surface area contributed by atoms with Crippen LogP contribution in [0.15, 0.2) is 30.3 Å². The van der Waals surface area contributed by atoms with Gasteiger partial charge < -0.3 is 29.6 Å². The van der Waals surface area contributed by atoms with E-state index in [0.717, 1.165) is 5.56 Å². The van der Waals surface area contributed by atoms with Gasteiger partial charge in [-0.05, 0) is 19.4 Å². The van der Waals surface area contributed by atoms with Gasteiger partial charge in [0.15, 0.2) is 5.79 Å². The van der Waals surface area contributed by atoms with Crippen molar-refractivity contribution < 1.29 is 33.3 Å². The molecule has 2 amide bonds. The highest BCUT2D eigenvalue weighted by Crippen LogP contribution is 2.27. The topological polar surface area (TPSA) is 112 Å². The van der Waals surface area contributed by atoms with E-state index >= 15 is 0 Å². The van der Waals surface area contributed by atoms with E-state index in [4.69, 9.17) is 18.9 Å². The second-order valence-electron chi connectivity index (χ2n) is 6.72. The van der Waals surface area contributed by atoms with Crippen molar-refractivity contribution in [3.8, 4) is 0 Å². The summed E-state index contributed by atoms with van der Waals surface area (Å²) < 4.78 is 20.9. The minimum atomic E-state index is -0.801. The zero-order chi connectivity index (χ0) is 20.6. The fourth-order valence-corrected chi connectivity index (χ4v) is 2.64. The average molecular weight is 394 g/mol. The number of ether oxygens (including phenoxy) is 4. The number of carbonyl (C=O) groups excluding carboxylic acids is 3. The highest BCUT2D eigenvalue weighted by Gasteiger charge is 2.41. The van der Waals surface area contributed by atoms with E-state index in [-0.39, 0.29) is 26.3 Å². The maximum Gasteiger partial charge on any atom is 0.407 e. The lowest BCUT2D eigenvalue weighted by molar-refractivity contribution is -0.161. The van der Waals surface area contributed by atoms with Crippen molar-refractivity contribution >= 4 is 18.0 Å². The lowest BCUT2D eigenvalue weighted by atomic mass is 10.0. The number of amides is 2. The Hall–Kier alpha value is -2.65. The Morgan fingerprint density at radius 1 is 1.21 bits per heavy atom. The lowest BCUT2D eigenvalue weighted by Gasteiger charge is -2.22. The molecule has 0 aromatic heterocycles. The molecule has 1 aliphatic rings. The lowest BCUT2D eigenvalue weighted by Crippen LogP contribution is -2.44. The molecule has 1 aromatic rings. The molecule has 154 valence electrons. The number of esters is 1. The highest BCUT2D eigenvalue weighted by atomic mass is 16.7. The second-order valence-corrected chi connectivity index (χ2v) is 6.72. The fraction of sp³-hybridized carbons (Fsp3) is 0.526. The predicted molar refractivity (Wildman–Crippen MR) is 98.0 cm³/mol. The van der Waals surface area contributed by atoms with Gasteiger partial charge >= 0.3 is 12.1 Å². The third-order valence-electron chi connectivity index (χ3n) is 4.11. The second kappa shape index (κ2) is 10.0. The quantitative estimate of drug-likeness (QED) is 0.632. The number of methoxy groups -OCH3 is 1. The maximum absolute atomic E-state index is 12.0. The first-order valence-corrected chi connectivity index (χ1v) is 8.91. The molecule has 1 saturated heterocycles. The monoisotopic (exact) mass is 394 g/mol. The van der Waals surface area contributed by atoms with Gasteiger partial charge in [-0.25, -0.2) is 4.79 Å². The molecule has 9 heteroatoms. The molecule has 0 bridgehead atoms. The molecule has 2 rings (SSSR count). The van der Waals surface area contributed by atoms with Gasteiger partial charge in [0.1, 0.15) is 12.5 Å². The van der Waals surface area contributed by atoms with Gasteiger partial charge in [0, 0.05) is 6.54 Å². The summed E-state index contributed by atoms with van der Waals surface area (Å²) in [5.41, 5.74) is 0.838.